The third kappa shape index (κ3) is 5.60. The van der Waals surface area contributed by atoms with Crippen molar-refractivity contribution in [2.24, 2.45) is 0 Å². The van der Waals surface area contributed by atoms with E-state index in [1.54, 1.807) is 38.1 Å². The molecule has 0 saturated carbocycles. The van der Waals surface area contributed by atoms with Gasteiger partial charge in [0.25, 0.3) is 5.56 Å². The number of carbonyl (C=O) groups is 1. The Kier molecular flexibility index (Phi) is 8.43. The quantitative estimate of drug-likeness (QED) is 0.117. The number of rotatable bonds is 10. The first kappa shape index (κ1) is 30.7. The number of aromatic nitrogens is 4. The lowest BCUT2D eigenvalue weighted by Gasteiger charge is -2.30. The summed E-state index contributed by atoms with van der Waals surface area (Å²) in [5.41, 5.74) is -0.457. The van der Waals surface area contributed by atoms with Gasteiger partial charge in [0.05, 0.1) is 12.3 Å². The van der Waals surface area contributed by atoms with Crippen LogP contribution < -0.4 is 20.9 Å². The predicted octanol–water partition coefficient (Wildman–Crippen LogP) is -0.0239. The number of aliphatic hydroxyl groups excluding tert-OH is 2. The smallest absolute Gasteiger partial charge is 0.459 e. The average Bonchev–Trinajstić information content (AvgIpc) is 3.46. The predicted molar refractivity (Wildman–Crippen MR) is 144 cm³/mol. The number of ether oxygens (including phenoxy) is 2. The molecule has 0 aliphatic carbocycles. The van der Waals surface area contributed by atoms with Crippen molar-refractivity contribution in [1.29, 1.82) is 5.26 Å². The summed E-state index contributed by atoms with van der Waals surface area (Å²) in [5.74, 6) is 1.16. The first-order valence-electron chi connectivity index (χ1n) is 12.5. The molecule has 3 aromatic rings. The minimum atomic E-state index is -4.51. The molecule has 1 aliphatic rings. The topological polar surface area (TPSA) is 236 Å². The van der Waals surface area contributed by atoms with Gasteiger partial charge in [-0.15, -0.1) is 11.5 Å². The second-order valence-electron chi connectivity index (χ2n) is 9.60. The number of nitrogens with one attached hydrogen (secondary N) is 2. The maximum absolute atomic E-state index is 13.9. The number of esters is 1. The Labute approximate surface area is 239 Å². The van der Waals surface area contributed by atoms with Gasteiger partial charge < -0.3 is 29.9 Å². The highest BCUT2D eigenvalue weighted by Gasteiger charge is 2.65. The van der Waals surface area contributed by atoms with Crippen LogP contribution in [0.1, 0.15) is 26.5 Å². The number of nitrogens with two attached hydrogens (primary N) is 1. The maximum atomic E-state index is 13.9. The number of carbonyl (C=O) groups excluding carboxylic acids is 1. The van der Waals surface area contributed by atoms with Gasteiger partial charge in [0.2, 0.25) is 17.2 Å². The summed E-state index contributed by atoms with van der Waals surface area (Å²) in [6.07, 6.45) is 2.22. The van der Waals surface area contributed by atoms with Crippen LogP contribution in [0.2, 0.25) is 0 Å². The number of nitrogen functional groups attached to an aromatic ring is 1. The molecule has 0 bridgehead atoms. The maximum Gasteiger partial charge on any atom is 0.459 e. The molecule has 16 nitrogen and oxygen atoms in total. The summed E-state index contributed by atoms with van der Waals surface area (Å²) in [5, 5.41) is 38.8. The van der Waals surface area contributed by atoms with E-state index in [0.717, 1.165) is 10.7 Å². The summed E-state index contributed by atoms with van der Waals surface area (Å²) >= 11 is 0. The van der Waals surface area contributed by atoms with Gasteiger partial charge in [-0.1, -0.05) is 24.1 Å². The first-order chi connectivity index (χ1) is 19.8. The zero-order valence-electron chi connectivity index (χ0n) is 22.6. The molecule has 4 rings (SSSR count). The largest absolute Gasteiger partial charge is 0.462 e. The molecule has 42 heavy (non-hydrogen) atoms. The molecule has 17 heteroatoms. The Bertz CT molecular complexity index is 1660. The van der Waals surface area contributed by atoms with Crippen LogP contribution in [-0.2, 0) is 29.0 Å². The standard InChI is InChI=1S/C25H28N7O9P/c1-5-24(13-38-42(37,40-16-9-7-6-8-10-16)31-15(4)22(36)39-14(2)3)18(33)19(34)25(12-26,41-24)17-11-28-20-21(35)29-23(27)30-32(17)20/h1,6-11,14-15,18-19,33-34H,13H2,2-4H3,(H,31,37)(H3,27,29,30,35)/t15-,18?,19?,24+,25-,42-/m0/s1. The van der Waals surface area contributed by atoms with E-state index in [4.69, 9.17) is 30.7 Å². The summed E-state index contributed by atoms with van der Waals surface area (Å²) < 4.78 is 37.0. The molecule has 3 heterocycles. The lowest BCUT2D eigenvalue weighted by atomic mass is 9.89. The van der Waals surface area contributed by atoms with Crippen LogP contribution in [0, 0.1) is 23.7 Å². The molecule has 1 aromatic carbocycles. The van der Waals surface area contributed by atoms with Gasteiger partial charge in [0.1, 0.15) is 42.4 Å². The van der Waals surface area contributed by atoms with E-state index in [-0.39, 0.29) is 23.0 Å². The normalized spacial score (nSPS) is 25.8. The summed E-state index contributed by atoms with van der Waals surface area (Å²) in [6.45, 7) is 3.71. The number of terminal acetylenes is 1. The molecule has 0 spiro atoms. The molecule has 1 saturated heterocycles. The van der Waals surface area contributed by atoms with Crippen LogP contribution in [0.5, 0.6) is 5.75 Å². The van der Waals surface area contributed by atoms with Crippen molar-refractivity contribution in [3.05, 3.63) is 52.6 Å². The minimum Gasteiger partial charge on any atom is -0.462 e. The Morgan fingerprint density at radius 1 is 1.33 bits per heavy atom. The van der Waals surface area contributed by atoms with Crippen LogP contribution >= 0.6 is 7.75 Å². The van der Waals surface area contributed by atoms with E-state index in [1.165, 1.54) is 19.1 Å². The molecule has 6 N–H and O–H groups in total. The highest BCUT2D eigenvalue weighted by atomic mass is 31.2. The van der Waals surface area contributed by atoms with Crippen LogP contribution in [0.3, 0.4) is 0 Å². The number of anilines is 1. The number of aliphatic hydroxyl groups is 2. The fourth-order valence-corrected chi connectivity index (χ4v) is 5.70. The first-order valence-corrected chi connectivity index (χ1v) is 14.0. The van der Waals surface area contributed by atoms with Crippen LogP contribution in [-0.4, -0.2) is 72.3 Å². The fourth-order valence-electron chi connectivity index (χ4n) is 4.18. The number of para-hydroxylation sites is 1. The molecule has 1 aliphatic heterocycles. The Balaban J connectivity index is 1.69. The molecule has 6 atom stereocenters. The number of fused-ring (bicyclic) bond motifs is 1. The van der Waals surface area contributed by atoms with Crippen molar-refractivity contribution in [1.82, 2.24) is 24.7 Å². The van der Waals surface area contributed by atoms with Gasteiger partial charge >= 0.3 is 13.7 Å². The summed E-state index contributed by atoms with van der Waals surface area (Å²) in [6, 6.07) is 8.40. The number of benzene rings is 1. The van der Waals surface area contributed by atoms with E-state index in [1.807, 2.05) is 0 Å². The van der Waals surface area contributed by atoms with E-state index >= 15 is 0 Å². The monoisotopic (exact) mass is 601 g/mol. The third-order valence-electron chi connectivity index (χ3n) is 6.19. The fraction of sp³-hybridized carbons (Fsp3) is 0.400. The number of hydrogen-bond acceptors (Lipinski definition) is 13. The van der Waals surface area contributed by atoms with Crippen LogP contribution in [0.4, 0.5) is 5.95 Å². The number of imidazole rings is 1. The zero-order chi connectivity index (χ0) is 30.9. The molecular formula is C25H28N7O9P. The van der Waals surface area contributed by atoms with E-state index < -0.39 is 61.4 Å². The highest BCUT2D eigenvalue weighted by Crippen LogP contribution is 2.50. The number of nitriles is 1. The number of nitrogens with zero attached hydrogens (tertiary/aromatic N) is 4. The Hall–Kier alpha value is -4.28. The molecular weight excluding hydrogens is 573 g/mol. The van der Waals surface area contributed by atoms with Crippen molar-refractivity contribution in [2.45, 2.75) is 56.3 Å². The minimum absolute atomic E-state index is 0.0893. The van der Waals surface area contributed by atoms with Gasteiger partial charge in [-0.05, 0) is 32.9 Å². The summed E-state index contributed by atoms with van der Waals surface area (Å²) in [4.78, 5) is 30.9. The highest BCUT2D eigenvalue weighted by molar-refractivity contribution is 7.52. The molecule has 222 valence electrons. The molecule has 2 unspecified atom stereocenters. The number of aromatic amines is 1. The van der Waals surface area contributed by atoms with Gasteiger partial charge in [-0.2, -0.15) is 10.3 Å². The zero-order valence-corrected chi connectivity index (χ0v) is 23.5. The van der Waals surface area contributed by atoms with E-state index in [0.29, 0.717) is 0 Å². The SMILES string of the molecule is C#C[C@]1(CO[P@@](=O)(N[C@@H](C)C(=O)OC(C)C)Oc2ccccc2)O[C@@](C#N)(c2cnc3c(=O)[nH]c(N)nn23)C(O)C1O. The Morgan fingerprint density at radius 2 is 2.02 bits per heavy atom. The van der Waals surface area contributed by atoms with Gasteiger partial charge in [-0.25, -0.2) is 14.1 Å². The third-order valence-corrected chi connectivity index (χ3v) is 7.82. The number of hydrogen-bond donors (Lipinski definition) is 5. The second kappa shape index (κ2) is 11.5. The second-order valence-corrected chi connectivity index (χ2v) is 11.3. The summed E-state index contributed by atoms with van der Waals surface area (Å²) in [7, 11) is -4.51. The van der Waals surface area contributed by atoms with Gasteiger partial charge in [0, 0.05) is 0 Å². The van der Waals surface area contributed by atoms with E-state index in [2.05, 4.69) is 26.1 Å². The molecule has 2 aromatic heterocycles. The Morgan fingerprint density at radius 3 is 2.64 bits per heavy atom. The van der Waals surface area contributed by atoms with Crippen LogP contribution in [0.15, 0.2) is 41.3 Å². The van der Waals surface area contributed by atoms with Crippen molar-refractivity contribution in [3.8, 4) is 24.2 Å². The van der Waals surface area contributed by atoms with Crippen LogP contribution in [0.25, 0.3) is 5.65 Å². The van der Waals surface area contributed by atoms with Crippen molar-refractivity contribution in [2.75, 3.05) is 12.3 Å². The lowest BCUT2D eigenvalue weighted by molar-refractivity contribution is -0.149. The molecule has 1 fully saturated rings. The molecule has 0 amide bonds. The average molecular weight is 602 g/mol. The lowest BCUT2D eigenvalue weighted by Crippen LogP contribution is -2.46. The van der Waals surface area contributed by atoms with Crippen molar-refractivity contribution < 1.29 is 38.1 Å². The molecule has 0 radical (unpaired) electrons. The number of H-pyrrole nitrogens is 1. The van der Waals surface area contributed by atoms with Crippen molar-refractivity contribution in [3.63, 3.8) is 0 Å². The van der Waals surface area contributed by atoms with Gasteiger partial charge in [-0.3, -0.25) is 19.1 Å². The van der Waals surface area contributed by atoms with E-state index in [9.17, 15) is 29.6 Å². The van der Waals surface area contributed by atoms with Gasteiger partial charge in [0.15, 0.2) is 5.60 Å². The van der Waals surface area contributed by atoms with Crippen molar-refractivity contribution >= 4 is 25.3 Å².